The zero-order chi connectivity index (χ0) is 18.7. The number of hydrogen-bond donors (Lipinski definition) is 0. The van der Waals surface area contributed by atoms with Crippen molar-refractivity contribution < 1.29 is 23.4 Å². The fourth-order valence-corrected chi connectivity index (χ4v) is 2.56. The summed E-state index contributed by atoms with van der Waals surface area (Å²) < 4.78 is 22.2. The van der Waals surface area contributed by atoms with Crippen LogP contribution in [-0.4, -0.2) is 34.9 Å². The van der Waals surface area contributed by atoms with E-state index in [2.05, 4.69) is 4.98 Å². The molecule has 1 fully saturated rings. The molecule has 1 aromatic carbocycles. The van der Waals surface area contributed by atoms with Crippen molar-refractivity contribution in [3.8, 4) is 5.75 Å². The molecule has 2 heterocycles. The number of hydrogen-bond acceptors (Lipinski definition) is 6. The largest absolute Gasteiger partial charge is 0.486 e. The lowest BCUT2D eigenvalue weighted by Crippen LogP contribution is -2.35. The van der Waals surface area contributed by atoms with Crippen molar-refractivity contribution in [2.45, 2.75) is 46.0 Å². The van der Waals surface area contributed by atoms with E-state index < -0.39 is 5.60 Å². The van der Waals surface area contributed by atoms with Gasteiger partial charge in [0, 0.05) is 0 Å². The van der Waals surface area contributed by atoms with Gasteiger partial charge in [0.1, 0.15) is 30.8 Å². The van der Waals surface area contributed by atoms with Crippen LogP contribution in [0.2, 0.25) is 0 Å². The molecule has 1 amide bonds. The van der Waals surface area contributed by atoms with E-state index in [1.807, 2.05) is 52.0 Å². The summed E-state index contributed by atoms with van der Waals surface area (Å²) in [5, 5.41) is 0. The SMILES string of the molecule is Cc1ncoc1COc1cccc(C2CN(C(=O)OC(C)(C)C)CO2)c1. The van der Waals surface area contributed by atoms with Gasteiger partial charge in [-0.3, -0.25) is 4.90 Å². The molecule has 26 heavy (non-hydrogen) atoms. The second kappa shape index (κ2) is 7.37. The molecule has 1 atom stereocenters. The molecule has 1 aliphatic rings. The molecule has 3 rings (SSSR count). The molecule has 1 saturated heterocycles. The fourth-order valence-electron chi connectivity index (χ4n) is 2.56. The number of rotatable bonds is 4. The van der Waals surface area contributed by atoms with Gasteiger partial charge in [0.05, 0.1) is 12.2 Å². The molecule has 0 spiro atoms. The Morgan fingerprint density at radius 1 is 1.38 bits per heavy atom. The molecule has 1 unspecified atom stereocenters. The van der Waals surface area contributed by atoms with E-state index >= 15 is 0 Å². The van der Waals surface area contributed by atoms with Crippen LogP contribution < -0.4 is 4.74 Å². The van der Waals surface area contributed by atoms with Gasteiger partial charge < -0.3 is 18.6 Å². The van der Waals surface area contributed by atoms with Crippen LogP contribution in [0.3, 0.4) is 0 Å². The van der Waals surface area contributed by atoms with Gasteiger partial charge in [0.2, 0.25) is 0 Å². The average molecular weight is 360 g/mol. The zero-order valence-electron chi connectivity index (χ0n) is 15.5. The fraction of sp³-hybridized carbons (Fsp3) is 0.474. The molecular formula is C19H24N2O5. The number of oxazole rings is 1. The zero-order valence-corrected chi connectivity index (χ0v) is 15.5. The van der Waals surface area contributed by atoms with Crippen molar-refractivity contribution in [1.29, 1.82) is 0 Å². The standard InChI is InChI=1S/C19H24N2O5/c1-13-17(24-11-20-13)10-23-15-7-5-6-14(8-15)16-9-21(12-25-16)18(22)26-19(2,3)4/h5-8,11,16H,9-10,12H2,1-4H3. The van der Waals surface area contributed by atoms with Crippen molar-refractivity contribution in [2.75, 3.05) is 13.3 Å². The Labute approximate surface area is 152 Å². The molecule has 0 N–H and O–H groups in total. The Morgan fingerprint density at radius 3 is 2.88 bits per heavy atom. The van der Waals surface area contributed by atoms with E-state index in [1.54, 1.807) is 4.90 Å². The molecule has 7 heteroatoms. The van der Waals surface area contributed by atoms with E-state index in [0.717, 1.165) is 11.3 Å². The lowest BCUT2D eigenvalue weighted by atomic mass is 10.1. The highest BCUT2D eigenvalue weighted by Gasteiger charge is 2.31. The summed E-state index contributed by atoms with van der Waals surface area (Å²) in [4.78, 5) is 17.8. The Balaban J connectivity index is 1.60. The van der Waals surface area contributed by atoms with Gasteiger partial charge in [-0.2, -0.15) is 0 Å². The van der Waals surface area contributed by atoms with Crippen LogP contribution in [0.5, 0.6) is 5.75 Å². The summed E-state index contributed by atoms with van der Waals surface area (Å²) in [5.41, 5.74) is 1.23. The minimum Gasteiger partial charge on any atom is -0.486 e. The van der Waals surface area contributed by atoms with Crippen LogP contribution in [0, 0.1) is 6.92 Å². The first-order valence-electron chi connectivity index (χ1n) is 8.53. The first-order valence-corrected chi connectivity index (χ1v) is 8.53. The lowest BCUT2D eigenvalue weighted by molar-refractivity contribution is 0.0185. The van der Waals surface area contributed by atoms with Crippen LogP contribution in [0.4, 0.5) is 4.79 Å². The van der Waals surface area contributed by atoms with Gasteiger partial charge in [-0.25, -0.2) is 9.78 Å². The van der Waals surface area contributed by atoms with Gasteiger partial charge in [0.15, 0.2) is 12.2 Å². The highest BCUT2D eigenvalue weighted by atomic mass is 16.6. The Kier molecular flexibility index (Phi) is 5.18. The summed E-state index contributed by atoms with van der Waals surface area (Å²) in [7, 11) is 0. The minimum atomic E-state index is -0.526. The van der Waals surface area contributed by atoms with Gasteiger partial charge in [0.25, 0.3) is 0 Å². The predicted molar refractivity (Wildman–Crippen MR) is 93.6 cm³/mol. The highest BCUT2D eigenvalue weighted by Crippen LogP contribution is 2.28. The quantitative estimate of drug-likeness (QED) is 0.825. The molecule has 2 aromatic rings. The lowest BCUT2D eigenvalue weighted by Gasteiger charge is -2.23. The number of carbonyl (C=O) groups excluding carboxylic acids is 1. The first-order chi connectivity index (χ1) is 12.3. The van der Waals surface area contributed by atoms with Gasteiger partial charge in [-0.1, -0.05) is 12.1 Å². The van der Waals surface area contributed by atoms with Crippen LogP contribution in [0.25, 0.3) is 0 Å². The summed E-state index contributed by atoms with van der Waals surface area (Å²) in [6.45, 7) is 8.37. The van der Waals surface area contributed by atoms with E-state index in [1.165, 1.54) is 6.39 Å². The molecule has 1 aromatic heterocycles. The number of amides is 1. The molecule has 0 radical (unpaired) electrons. The Morgan fingerprint density at radius 2 is 2.19 bits per heavy atom. The summed E-state index contributed by atoms with van der Waals surface area (Å²) in [5.74, 6) is 1.40. The number of aromatic nitrogens is 1. The molecule has 7 nitrogen and oxygen atoms in total. The summed E-state index contributed by atoms with van der Waals surface area (Å²) in [6.07, 6.45) is 0.827. The van der Waals surface area contributed by atoms with E-state index in [9.17, 15) is 4.79 Å². The molecule has 140 valence electrons. The predicted octanol–water partition coefficient (Wildman–Crippen LogP) is 3.83. The molecule has 0 bridgehead atoms. The molecule has 1 aliphatic heterocycles. The topological polar surface area (TPSA) is 74.0 Å². The van der Waals surface area contributed by atoms with Crippen LogP contribution in [0.1, 0.15) is 43.9 Å². The monoisotopic (exact) mass is 360 g/mol. The third-order valence-corrected chi connectivity index (χ3v) is 3.91. The minimum absolute atomic E-state index is 0.210. The summed E-state index contributed by atoms with van der Waals surface area (Å²) in [6, 6.07) is 7.64. The maximum Gasteiger partial charge on any atom is 0.412 e. The van der Waals surface area contributed by atoms with Gasteiger partial charge in [-0.05, 0) is 45.4 Å². The van der Waals surface area contributed by atoms with Crippen LogP contribution >= 0.6 is 0 Å². The van der Waals surface area contributed by atoms with Crippen molar-refractivity contribution in [3.63, 3.8) is 0 Å². The average Bonchev–Trinajstić information content (AvgIpc) is 3.21. The molecular weight excluding hydrogens is 336 g/mol. The number of carbonyl (C=O) groups is 1. The Bertz CT molecular complexity index is 765. The normalized spacial score (nSPS) is 17.4. The maximum atomic E-state index is 12.2. The number of ether oxygens (including phenoxy) is 3. The molecule has 0 saturated carbocycles. The van der Waals surface area contributed by atoms with E-state index in [-0.39, 0.29) is 18.9 Å². The van der Waals surface area contributed by atoms with Crippen molar-refractivity contribution in [1.82, 2.24) is 9.88 Å². The van der Waals surface area contributed by atoms with Crippen molar-refractivity contribution in [2.24, 2.45) is 0 Å². The van der Waals surface area contributed by atoms with Crippen molar-refractivity contribution in [3.05, 3.63) is 47.7 Å². The third kappa shape index (κ3) is 4.54. The molecule has 0 aliphatic carbocycles. The van der Waals surface area contributed by atoms with E-state index in [0.29, 0.717) is 24.7 Å². The number of nitrogens with zero attached hydrogens (tertiary/aromatic N) is 2. The second-order valence-corrected chi connectivity index (χ2v) is 7.21. The second-order valence-electron chi connectivity index (χ2n) is 7.21. The van der Waals surface area contributed by atoms with Crippen LogP contribution in [0.15, 0.2) is 35.1 Å². The van der Waals surface area contributed by atoms with E-state index in [4.69, 9.17) is 18.6 Å². The summed E-state index contributed by atoms with van der Waals surface area (Å²) >= 11 is 0. The van der Waals surface area contributed by atoms with Gasteiger partial charge in [-0.15, -0.1) is 0 Å². The van der Waals surface area contributed by atoms with Crippen molar-refractivity contribution >= 4 is 6.09 Å². The third-order valence-electron chi connectivity index (χ3n) is 3.91. The van der Waals surface area contributed by atoms with Gasteiger partial charge >= 0.3 is 6.09 Å². The van der Waals surface area contributed by atoms with Crippen LogP contribution in [-0.2, 0) is 16.1 Å². The highest BCUT2D eigenvalue weighted by molar-refractivity contribution is 5.68. The number of benzene rings is 1. The first kappa shape index (κ1) is 18.3. The Hall–Kier alpha value is -2.54. The smallest absolute Gasteiger partial charge is 0.412 e. The maximum absolute atomic E-state index is 12.2. The number of aryl methyl sites for hydroxylation is 1.